The second kappa shape index (κ2) is 5.96. The van der Waals surface area contributed by atoms with Gasteiger partial charge in [0, 0.05) is 31.0 Å². The van der Waals surface area contributed by atoms with E-state index in [1.165, 1.54) is 12.8 Å². The van der Waals surface area contributed by atoms with Crippen LogP contribution in [-0.2, 0) is 4.74 Å². The number of piperidine rings is 1. The number of hydrogen-bond donors (Lipinski definition) is 1. The smallest absolute Gasteiger partial charge is 0.317 e. The quantitative estimate of drug-likeness (QED) is 0.780. The third-order valence-electron chi connectivity index (χ3n) is 3.84. The van der Waals surface area contributed by atoms with Crippen LogP contribution in [0.1, 0.15) is 25.7 Å². The molecule has 2 atom stereocenters. The van der Waals surface area contributed by atoms with Crippen LogP contribution in [0.25, 0.3) is 0 Å². The molecule has 2 rings (SSSR count). The van der Waals surface area contributed by atoms with Gasteiger partial charge < -0.3 is 15.0 Å². The molecular weight excluding hydrogens is 236 g/mol. The normalized spacial score (nSPS) is 31.6. The maximum atomic E-state index is 12.1. The highest BCUT2D eigenvalue weighted by Crippen LogP contribution is 2.39. The minimum absolute atomic E-state index is 0.106. The lowest BCUT2D eigenvalue weighted by Gasteiger charge is -2.38. The van der Waals surface area contributed by atoms with Crippen molar-refractivity contribution < 1.29 is 9.53 Å². The molecule has 2 heterocycles. The van der Waals surface area contributed by atoms with E-state index < -0.39 is 0 Å². The zero-order valence-electron chi connectivity index (χ0n) is 10.6. The van der Waals surface area contributed by atoms with Gasteiger partial charge >= 0.3 is 6.03 Å². The fraction of sp³-hybridized carbons (Fsp3) is 0.917. The van der Waals surface area contributed by atoms with Gasteiger partial charge in [0.1, 0.15) is 0 Å². The number of hydrogen-bond acceptors (Lipinski definition) is 3. The molecule has 2 aliphatic rings. The second-order valence-electron chi connectivity index (χ2n) is 4.85. The highest BCUT2D eigenvalue weighted by Gasteiger charge is 2.42. The minimum atomic E-state index is 0.106. The van der Waals surface area contributed by atoms with E-state index in [0.29, 0.717) is 25.2 Å². The first-order chi connectivity index (χ1) is 8.26. The van der Waals surface area contributed by atoms with Crippen LogP contribution in [0.15, 0.2) is 0 Å². The van der Waals surface area contributed by atoms with Gasteiger partial charge in [-0.2, -0.15) is 11.8 Å². The average molecular weight is 258 g/mol. The standard InChI is InChI=1S/C12H22N2O2S/c1-16-6-5-13-12(15)14-9-3-4-10(14)8-11(7-9)17-2/h9-11H,3-8H2,1-2H3,(H,13,15)/t9-,10-/m0/s1. The van der Waals surface area contributed by atoms with Gasteiger partial charge in [0.25, 0.3) is 0 Å². The third-order valence-corrected chi connectivity index (χ3v) is 4.89. The summed E-state index contributed by atoms with van der Waals surface area (Å²) in [5, 5.41) is 3.69. The summed E-state index contributed by atoms with van der Waals surface area (Å²) in [5.41, 5.74) is 0. The predicted octanol–water partition coefficient (Wildman–Crippen LogP) is 1.70. The largest absolute Gasteiger partial charge is 0.383 e. The summed E-state index contributed by atoms with van der Waals surface area (Å²) in [4.78, 5) is 14.2. The molecule has 0 aromatic carbocycles. The molecule has 0 aromatic rings. The van der Waals surface area contributed by atoms with Gasteiger partial charge in [0.05, 0.1) is 6.61 Å². The molecule has 0 saturated carbocycles. The zero-order chi connectivity index (χ0) is 12.3. The highest BCUT2D eigenvalue weighted by molar-refractivity contribution is 7.99. The van der Waals surface area contributed by atoms with E-state index in [1.54, 1.807) is 7.11 Å². The van der Waals surface area contributed by atoms with Crippen LogP contribution in [0.4, 0.5) is 4.79 Å². The molecule has 2 amide bonds. The maximum Gasteiger partial charge on any atom is 0.317 e. The Bertz CT molecular complexity index is 261. The van der Waals surface area contributed by atoms with Crippen LogP contribution in [0.5, 0.6) is 0 Å². The van der Waals surface area contributed by atoms with Gasteiger partial charge in [-0.25, -0.2) is 4.79 Å². The Balaban J connectivity index is 1.87. The fourth-order valence-electron chi connectivity index (χ4n) is 3.00. The van der Waals surface area contributed by atoms with Crippen molar-refractivity contribution in [3.63, 3.8) is 0 Å². The number of rotatable bonds is 4. The van der Waals surface area contributed by atoms with Crippen molar-refractivity contribution in [1.82, 2.24) is 10.2 Å². The van der Waals surface area contributed by atoms with Crippen LogP contribution in [0.3, 0.4) is 0 Å². The molecule has 0 spiro atoms. The molecular formula is C12H22N2O2S. The molecule has 2 fully saturated rings. The number of methoxy groups -OCH3 is 1. The summed E-state index contributed by atoms with van der Waals surface area (Å²) in [7, 11) is 1.65. The van der Waals surface area contributed by atoms with Gasteiger partial charge in [0.2, 0.25) is 0 Å². The summed E-state index contributed by atoms with van der Waals surface area (Å²) >= 11 is 1.95. The lowest BCUT2D eigenvalue weighted by atomic mass is 10.0. The number of thioether (sulfide) groups is 1. The van der Waals surface area contributed by atoms with Gasteiger partial charge in [-0.05, 0) is 31.9 Å². The van der Waals surface area contributed by atoms with Gasteiger partial charge in [-0.15, -0.1) is 0 Å². The first kappa shape index (κ1) is 13.0. The molecule has 0 radical (unpaired) electrons. The molecule has 0 aliphatic carbocycles. The van der Waals surface area contributed by atoms with Crippen LogP contribution in [-0.4, -0.2) is 54.8 Å². The molecule has 2 saturated heterocycles. The highest BCUT2D eigenvalue weighted by atomic mass is 32.2. The molecule has 4 nitrogen and oxygen atoms in total. The Morgan fingerprint density at radius 1 is 1.41 bits per heavy atom. The van der Waals surface area contributed by atoms with E-state index in [2.05, 4.69) is 16.5 Å². The molecule has 5 heteroatoms. The molecule has 0 aromatic heterocycles. The molecule has 2 aliphatic heterocycles. The minimum Gasteiger partial charge on any atom is -0.383 e. The number of carbonyl (C=O) groups excluding carboxylic acids is 1. The molecule has 98 valence electrons. The van der Waals surface area contributed by atoms with Crippen LogP contribution in [0.2, 0.25) is 0 Å². The summed E-state index contributed by atoms with van der Waals surface area (Å²) < 4.78 is 4.95. The fourth-order valence-corrected chi connectivity index (χ4v) is 3.83. The van der Waals surface area contributed by atoms with Crippen molar-refractivity contribution in [1.29, 1.82) is 0 Å². The van der Waals surface area contributed by atoms with Gasteiger partial charge in [0.15, 0.2) is 0 Å². The summed E-state index contributed by atoms with van der Waals surface area (Å²) in [6, 6.07) is 1.04. The first-order valence-electron chi connectivity index (χ1n) is 6.34. The van der Waals surface area contributed by atoms with Crippen molar-refractivity contribution in [2.45, 2.75) is 43.0 Å². The molecule has 2 bridgehead atoms. The topological polar surface area (TPSA) is 41.6 Å². The van der Waals surface area contributed by atoms with E-state index in [0.717, 1.165) is 18.1 Å². The van der Waals surface area contributed by atoms with E-state index in [-0.39, 0.29) is 6.03 Å². The van der Waals surface area contributed by atoms with Crippen molar-refractivity contribution >= 4 is 17.8 Å². The predicted molar refractivity (Wildman–Crippen MR) is 70.5 cm³/mol. The SMILES string of the molecule is COCCNC(=O)N1[C@H]2CC[C@H]1CC(SC)C2. The molecule has 17 heavy (non-hydrogen) atoms. The number of fused-ring (bicyclic) bond motifs is 2. The zero-order valence-corrected chi connectivity index (χ0v) is 11.5. The summed E-state index contributed by atoms with van der Waals surface area (Å²) in [6.07, 6.45) is 6.86. The Kier molecular flexibility index (Phi) is 4.56. The van der Waals surface area contributed by atoms with Crippen molar-refractivity contribution in [3.8, 4) is 0 Å². The van der Waals surface area contributed by atoms with Crippen molar-refractivity contribution in [2.24, 2.45) is 0 Å². The van der Waals surface area contributed by atoms with Crippen LogP contribution < -0.4 is 5.32 Å². The second-order valence-corrected chi connectivity index (χ2v) is 5.98. The molecule has 1 N–H and O–H groups in total. The average Bonchev–Trinajstić information content (AvgIpc) is 2.60. The Morgan fingerprint density at radius 3 is 2.59 bits per heavy atom. The van der Waals surface area contributed by atoms with Crippen LogP contribution in [0, 0.1) is 0 Å². The maximum absolute atomic E-state index is 12.1. The van der Waals surface area contributed by atoms with Crippen molar-refractivity contribution in [2.75, 3.05) is 26.5 Å². The molecule has 0 unspecified atom stereocenters. The Labute approximate surface area is 107 Å². The lowest BCUT2D eigenvalue weighted by molar-refractivity contribution is 0.143. The summed E-state index contributed by atoms with van der Waals surface area (Å²) in [6.45, 7) is 1.19. The number of ether oxygens (including phenoxy) is 1. The van der Waals surface area contributed by atoms with Gasteiger partial charge in [-0.1, -0.05) is 0 Å². The van der Waals surface area contributed by atoms with E-state index in [1.807, 2.05) is 11.8 Å². The monoisotopic (exact) mass is 258 g/mol. The van der Waals surface area contributed by atoms with E-state index in [9.17, 15) is 4.79 Å². The number of nitrogens with one attached hydrogen (secondary N) is 1. The van der Waals surface area contributed by atoms with E-state index in [4.69, 9.17) is 4.74 Å². The van der Waals surface area contributed by atoms with E-state index >= 15 is 0 Å². The number of nitrogens with zero attached hydrogens (tertiary/aromatic N) is 1. The Morgan fingerprint density at radius 2 is 2.06 bits per heavy atom. The van der Waals surface area contributed by atoms with Crippen molar-refractivity contribution in [3.05, 3.63) is 0 Å². The van der Waals surface area contributed by atoms with Gasteiger partial charge in [-0.3, -0.25) is 0 Å². The van der Waals surface area contributed by atoms with Crippen LogP contribution >= 0.6 is 11.8 Å². The number of urea groups is 1. The third kappa shape index (κ3) is 2.88. The first-order valence-corrected chi connectivity index (χ1v) is 7.63. The Hall–Kier alpha value is -0.420. The summed E-state index contributed by atoms with van der Waals surface area (Å²) in [5.74, 6) is 0. The number of carbonyl (C=O) groups is 1. The number of amides is 2. The lowest BCUT2D eigenvalue weighted by Crippen LogP contribution is -2.51.